The van der Waals surface area contributed by atoms with E-state index in [0.717, 1.165) is 16.0 Å². The number of hydrogen-bond acceptors (Lipinski definition) is 5. The standard InChI is InChI=1S/C18H13N3O2S/c22-17(20-11-14-2-1-9-24-14)13-3-4-15-16(10-13)23-18(21-15)12-5-7-19-8-6-12/h1-10H,11H2,(H,20,22). The maximum atomic E-state index is 12.3. The molecule has 1 aromatic carbocycles. The van der Waals surface area contributed by atoms with Crippen LogP contribution in [0.15, 0.2) is 64.7 Å². The number of pyridine rings is 1. The molecule has 0 atom stereocenters. The third-order valence-corrected chi connectivity index (χ3v) is 4.46. The van der Waals surface area contributed by atoms with Gasteiger partial charge >= 0.3 is 0 Å². The molecule has 0 aliphatic carbocycles. The zero-order valence-corrected chi connectivity index (χ0v) is 13.4. The van der Waals surface area contributed by atoms with Crippen molar-refractivity contribution < 1.29 is 9.21 Å². The second-order valence-corrected chi connectivity index (χ2v) is 6.23. The molecule has 0 fully saturated rings. The van der Waals surface area contributed by atoms with Gasteiger partial charge in [0.15, 0.2) is 5.58 Å². The topological polar surface area (TPSA) is 68.0 Å². The molecule has 6 heteroatoms. The maximum absolute atomic E-state index is 12.3. The molecule has 0 aliphatic heterocycles. The zero-order valence-electron chi connectivity index (χ0n) is 12.6. The Hall–Kier alpha value is -2.99. The average molecular weight is 335 g/mol. The van der Waals surface area contributed by atoms with Crippen molar-refractivity contribution in [2.24, 2.45) is 0 Å². The van der Waals surface area contributed by atoms with E-state index >= 15 is 0 Å². The predicted molar refractivity (Wildman–Crippen MR) is 92.7 cm³/mol. The maximum Gasteiger partial charge on any atom is 0.251 e. The Morgan fingerprint density at radius 1 is 1.17 bits per heavy atom. The van der Waals surface area contributed by atoms with E-state index < -0.39 is 0 Å². The van der Waals surface area contributed by atoms with E-state index in [9.17, 15) is 4.79 Å². The molecule has 118 valence electrons. The molecule has 3 aromatic heterocycles. The summed E-state index contributed by atoms with van der Waals surface area (Å²) in [6, 6.07) is 12.9. The highest BCUT2D eigenvalue weighted by Crippen LogP contribution is 2.24. The van der Waals surface area contributed by atoms with Crippen molar-refractivity contribution in [3.63, 3.8) is 0 Å². The van der Waals surface area contributed by atoms with Gasteiger partial charge < -0.3 is 9.73 Å². The fourth-order valence-corrected chi connectivity index (χ4v) is 3.01. The lowest BCUT2D eigenvalue weighted by molar-refractivity contribution is 0.0951. The number of fused-ring (bicyclic) bond motifs is 1. The van der Waals surface area contributed by atoms with E-state index in [0.29, 0.717) is 23.6 Å². The van der Waals surface area contributed by atoms with Gasteiger partial charge in [-0.2, -0.15) is 0 Å². The molecule has 1 N–H and O–H groups in total. The number of nitrogens with one attached hydrogen (secondary N) is 1. The van der Waals surface area contributed by atoms with E-state index in [1.807, 2.05) is 29.6 Å². The van der Waals surface area contributed by atoms with Crippen LogP contribution in [0, 0.1) is 0 Å². The molecule has 24 heavy (non-hydrogen) atoms. The SMILES string of the molecule is O=C(NCc1cccs1)c1ccc2nc(-c3ccncc3)oc2c1. The molecule has 0 unspecified atom stereocenters. The van der Waals surface area contributed by atoms with Crippen LogP contribution >= 0.6 is 11.3 Å². The predicted octanol–water partition coefficient (Wildman–Crippen LogP) is 3.88. The van der Waals surface area contributed by atoms with Crippen LogP contribution in [-0.4, -0.2) is 15.9 Å². The summed E-state index contributed by atoms with van der Waals surface area (Å²) in [4.78, 5) is 21.8. The Labute approximate surface area is 142 Å². The van der Waals surface area contributed by atoms with Gasteiger partial charge in [0.1, 0.15) is 5.52 Å². The number of rotatable bonds is 4. The largest absolute Gasteiger partial charge is 0.436 e. The summed E-state index contributed by atoms with van der Waals surface area (Å²) in [6.45, 7) is 0.521. The molecule has 5 nitrogen and oxygen atoms in total. The number of thiophene rings is 1. The van der Waals surface area contributed by atoms with Gasteiger partial charge in [-0.1, -0.05) is 6.07 Å². The van der Waals surface area contributed by atoms with Crippen molar-refractivity contribution in [1.82, 2.24) is 15.3 Å². The molecule has 4 rings (SSSR count). The second-order valence-electron chi connectivity index (χ2n) is 5.20. The highest BCUT2D eigenvalue weighted by molar-refractivity contribution is 7.09. The van der Waals surface area contributed by atoms with Gasteiger partial charge in [0.05, 0.1) is 6.54 Å². The first-order chi connectivity index (χ1) is 11.8. The monoisotopic (exact) mass is 335 g/mol. The van der Waals surface area contributed by atoms with Gasteiger partial charge in [0.2, 0.25) is 5.89 Å². The summed E-state index contributed by atoms with van der Waals surface area (Å²) >= 11 is 1.62. The first-order valence-corrected chi connectivity index (χ1v) is 8.29. The van der Waals surface area contributed by atoms with Crippen molar-refractivity contribution in [3.8, 4) is 11.5 Å². The molecule has 0 aliphatic rings. The summed E-state index contributed by atoms with van der Waals surface area (Å²) in [7, 11) is 0. The Kier molecular flexibility index (Phi) is 3.80. The van der Waals surface area contributed by atoms with Crippen LogP contribution in [0.2, 0.25) is 0 Å². The van der Waals surface area contributed by atoms with Gasteiger partial charge in [-0.15, -0.1) is 11.3 Å². The lowest BCUT2D eigenvalue weighted by atomic mass is 10.2. The van der Waals surface area contributed by atoms with Crippen LogP contribution in [0.25, 0.3) is 22.6 Å². The van der Waals surface area contributed by atoms with Crippen molar-refractivity contribution in [2.45, 2.75) is 6.54 Å². The minimum atomic E-state index is -0.132. The number of carbonyl (C=O) groups is 1. The third-order valence-electron chi connectivity index (χ3n) is 3.58. The smallest absolute Gasteiger partial charge is 0.251 e. The number of hydrogen-bond donors (Lipinski definition) is 1. The summed E-state index contributed by atoms with van der Waals surface area (Å²) in [5.41, 5.74) is 2.71. The van der Waals surface area contributed by atoms with Gasteiger partial charge in [-0.05, 0) is 41.8 Å². The lowest BCUT2D eigenvalue weighted by Crippen LogP contribution is -2.22. The second kappa shape index (κ2) is 6.25. The van der Waals surface area contributed by atoms with Crippen molar-refractivity contribution in [1.29, 1.82) is 0 Å². The van der Waals surface area contributed by atoms with Gasteiger partial charge in [0.25, 0.3) is 5.91 Å². The zero-order chi connectivity index (χ0) is 16.4. The third kappa shape index (κ3) is 2.91. The van der Waals surface area contributed by atoms with Crippen molar-refractivity contribution >= 4 is 28.3 Å². The molecule has 0 saturated heterocycles. The molecular weight excluding hydrogens is 322 g/mol. The van der Waals surface area contributed by atoms with Crippen LogP contribution in [0.3, 0.4) is 0 Å². The minimum Gasteiger partial charge on any atom is -0.436 e. The van der Waals surface area contributed by atoms with Gasteiger partial charge in [-0.25, -0.2) is 4.98 Å². The highest BCUT2D eigenvalue weighted by atomic mass is 32.1. The summed E-state index contributed by atoms with van der Waals surface area (Å²) < 4.78 is 5.78. The van der Waals surface area contributed by atoms with Gasteiger partial charge in [-0.3, -0.25) is 9.78 Å². The molecule has 0 spiro atoms. The van der Waals surface area contributed by atoms with E-state index in [1.165, 1.54) is 0 Å². The first kappa shape index (κ1) is 14.6. The number of nitrogens with zero attached hydrogens (tertiary/aromatic N) is 2. The first-order valence-electron chi connectivity index (χ1n) is 7.41. The molecule has 3 heterocycles. The number of carbonyl (C=O) groups excluding carboxylic acids is 1. The van der Waals surface area contributed by atoms with E-state index in [1.54, 1.807) is 41.9 Å². The lowest BCUT2D eigenvalue weighted by Gasteiger charge is -2.03. The number of aromatic nitrogens is 2. The van der Waals surface area contributed by atoms with E-state index in [-0.39, 0.29) is 5.91 Å². The summed E-state index contributed by atoms with van der Waals surface area (Å²) in [5, 5.41) is 4.89. The minimum absolute atomic E-state index is 0.132. The molecule has 0 saturated carbocycles. The van der Waals surface area contributed by atoms with E-state index in [4.69, 9.17) is 4.42 Å². The molecule has 0 radical (unpaired) electrons. The number of benzene rings is 1. The summed E-state index contributed by atoms with van der Waals surface area (Å²) in [6.07, 6.45) is 3.38. The van der Waals surface area contributed by atoms with Crippen molar-refractivity contribution in [2.75, 3.05) is 0 Å². The Balaban J connectivity index is 1.57. The van der Waals surface area contributed by atoms with E-state index in [2.05, 4.69) is 15.3 Å². The van der Waals surface area contributed by atoms with Crippen LogP contribution in [0.5, 0.6) is 0 Å². The van der Waals surface area contributed by atoms with Gasteiger partial charge in [0, 0.05) is 28.4 Å². The quantitative estimate of drug-likeness (QED) is 0.614. The Morgan fingerprint density at radius 2 is 2.04 bits per heavy atom. The van der Waals surface area contributed by atoms with Crippen LogP contribution in [0.1, 0.15) is 15.2 Å². The molecule has 4 aromatic rings. The molecular formula is C18H13N3O2S. The van der Waals surface area contributed by atoms with Crippen LogP contribution < -0.4 is 5.32 Å². The van der Waals surface area contributed by atoms with Crippen LogP contribution in [0.4, 0.5) is 0 Å². The fourth-order valence-electron chi connectivity index (χ4n) is 2.37. The number of amides is 1. The molecule has 1 amide bonds. The Bertz CT molecular complexity index is 978. The fraction of sp³-hybridized carbons (Fsp3) is 0.0556. The normalized spacial score (nSPS) is 10.8. The molecule has 0 bridgehead atoms. The Morgan fingerprint density at radius 3 is 2.83 bits per heavy atom. The number of oxazole rings is 1. The average Bonchev–Trinajstić information content (AvgIpc) is 3.29. The van der Waals surface area contributed by atoms with Crippen LogP contribution in [-0.2, 0) is 6.54 Å². The van der Waals surface area contributed by atoms with Crippen molar-refractivity contribution in [3.05, 3.63) is 70.7 Å². The summed E-state index contributed by atoms with van der Waals surface area (Å²) in [5.74, 6) is 0.385. The highest BCUT2D eigenvalue weighted by Gasteiger charge is 2.12.